The van der Waals surface area contributed by atoms with Crippen LogP contribution in [0, 0.1) is 5.92 Å². The molecule has 1 saturated carbocycles. The number of carbonyl (C=O) groups is 2. The smallest absolute Gasteiger partial charge is 0.251 e. The lowest BCUT2D eigenvalue weighted by atomic mass is 10.1. The summed E-state index contributed by atoms with van der Waals surface area (Å²) in [4.78, 5) is 27.1. The lowest BCUT2D eigenvalue weighted by molar-refractivity contribution is -0.117. The van der Waals surface area contributed by atoms with Crippen LogP contribution in [-0.2, 0) is 9.53 Å². The van der Waals surface area contributed by atoms with Gasteiger partial charge in [0.1, 0.15) is 0 Å². The molecule has 1 unspecified atom stereocenters. The van der Waals surface area contributed by atoms with Gasteiger partial charge in [0.25, 0.3) is 5.91 Å². The van der Waals surface area contributed by atoms with Crippen LogP contribution in [0.2, 0.25) is 0 Å². The molecule has 1 aliphatic carbocycles. The summed E-state index contributed by atoms with van der Waals surface area (Å²) in [5.41, 5.74) is 2.39. The standard InChI is InChI=1S/C23H27N3O3/c27-22(18-6-7-18)24-20-10-8-19(9-11-20)23(28)25-21(17-4-2-1-3-5-17)16-26-12-14-29-15-13-26/h1-5,8-11,18,21H,6-7,12-16H2,(H,24,27)(H,25,28). The van der Waals surface area contributed by atoms with Gasteiger partial charge in [-0.1, -0.05) is 30.3 Å². The molecule has 152 valence electrons. The molecule has 0 spiro atoms. The van der Waals surface area contributed by atoms with Gasteiger partial charge in [-0.25, -0.2) is 0 Å². The van der Waals surface area contributed by atoms with Gasteiger partial charge >= 0.3 is 0 Å². The summed E-state index contributed by atoms with van der Waals surface area (Å²) in [6, 6.07) is 17.0. The zero-order valence-corrected chi connectivity index (χ0v) is 16.5. The van der Waals surface area contributed by atoms with Crippen molar-refractivity contribution in [3.63, 3.8) is 0 Å². The first-order valence-corrected chi connectivity index (χ1v) is 10.3. The highest BCUT2D eigenvalue weighted by atomic mass is 16.5. The Morgan fingerprint density at radius 2 is 1.69 bits per heavy atom. The van der Waals surface area contributed by atoms with Gasteiger partial charge in [-0.15, -0.1) is 0 Å². The number of nitrogens with one attached hydrogen (secondary N) is 2. The van der Waals surface area contributed by atoms with E-state index in [0.29, 0.717) is 5.56 Å². The third-order valence-corrected chi connectivity index (χ3v) is 5.41. The summed E-state index contributed by atoms with van der Waals surface area (Å²) < 4.78 is 5.44. The van der Waals surface area contributed by atoms with Crippen molar-refractivity contribution in [3.05, 3.63) is 65.7 Å². The Kier molecular flexibility index (Phi) is 6.22. The summed E-state index contributed by atoms with van der Waals surface area (Å²) >= 11 is 0. The molecule has 4 rings (SSSR count). The number of carbonyl (C=O) groups excluding carboxylic acids is 2. The fourth-order valence-electron chi connectivity index (χ4n) is 3.50. The first-order valence-electron chi connectivity index (χ1n) is 10.3. The lowest BCUT2D eigenvalue weighted by Crippen LogP contribution is -2.43. The number of ether oxygens (including phenoxy) is 1. The summed E-state index contributed by atoms with van der Waals surface area (Å²) in [5.74, 6) is 0.105. The van der Waals surface area contributed by atoms with E-state index in [4.69, 9.17) is 4.74 Å². The van der Waals surface area contributed by atoms with E-state index in [-0.39, 0.29) is 23.8 Å². The van der Waals surface area contributed by atoms with Gasteiger partial charge in [0.2, 0.25) is 5.91 Å². The van der Waals surface area contributed by atoms with Gasteiger partial charge in [-0.2, -0.15) is 0 Å². The summed E-state index contributed by atoms with van der Waals surface area (Å²) in [5, 5.41) is 6.08. The normalized spacial score (nSPS) is 18.1. The fraction of sp³-hybridized carbons (Fsp3) is 0.391. The molecule has 1 aliphatic heterocycles. The number of morpholine rings is 1. The van der Waals surface area contributed by atoms with Gasteiger partial charge < -0.3 is 15.4 Å². The molecule has 2 amide bonds. The second-order valence-corrected chi connectivity index (χ2v) is 7.69. The van der Waals surface area contributed by atoms with Crippen molar-refractivity contribution in [1.82, 2.24) is 10.2 Å². The minimum absolute atomic E-state index is 0.0665. The molecule has 1 heterocycles. The molecule has 2 aromatic rings. The van der Waals surface area contributed by atoms with E-state index in [9.17, 15) is 9.59 Å². The predicted octanol–water partition coefficient (Wildman–Crippen LogP) is 2.84. The highest BCUT2D eigenvalue weighted by Gasteiger charge is 2.29. The SMILES string of the molecule is O=C(NC(CN1CCOCC1)c1ccccc1)c1ccc(NC(=O)C2CC2)cc1. The van der Waals surface area contributed by atoms with E-state index in [0.717, 1.165) is 56.9 Å². The van der Waals surface area contributed by atoms with Gasteiger partial charge in [0.05, 0.1) is 19.3 Å². The van der Waals surface area contributed by atoms with Crippen LogP contribution < -0.4 is 10.6 Å². The number of anilines is 1. The van der Waals surface area contributed by atoms with Gasteiger partial charge in [-0.3, -0.25) is 14.5 Å². The van der Waals surface area contributed by atoms with E-state index in [1.165, 1.54) is 0 Å². The minimum Gasteiger partial charge on any atom is -0.379 e. The molecule has 0 bridgehead atoms. The molecule has 2 aliphatic rings. The Bertz CT molecular complexity index is 828. The molecule has 29 heavy (non-hydrogen) atoms. The Labute approximate surface area is 171 Å². The van der Waals surface area contributed by atoms with Gasteiger partial charge in [-0.05, 0) is 42.7 Å². The van der Waals surface area contributed by atoms with Crippen molar-refractivity contribution in [2.75, 3.05) is 38.2 Å². The van der Waals surface area contributed by atoms with Crippen LogP contribution in [0.5, 0.6) is 0 Å². The van der Waals surface area contributed by atoms with Crippen molar-refractivity contribution in [2.24, 2.45) is 5.92 Å². The molecule has 6 heteroatoms. The van der Waals surface area contributed by atoms with Crippen LogP contribution in [0.1, 0.15) is 34.8 Å². The topological polar surface area (TPSA) is 70.7 Å². The Hall–Kier alpha value is -2.70. The lowest BCUT2D eigenvalue weighted by Gasteiger charge is -2.31. The zero-order valence-electron chi connectivity index (χ0n) is 16.5. The first-order chi connectivity index (χ1) is 14.2. The average molecular weight is 393 g/mol. The van der Waals surface area contributed by atoms with Crippen molar-refractivity contribution < 1.29 is 14.3 Å². The third kappa shape index (κ3) is 5.43. The predicted molar refractivity (Wildman–Crippen MR) is 112 cm³/mol. The van der Waals surface area contributed by atoms with Crippen LogP contribution in [0.25, 0.3) is 0 Å². The molecular formula is C23H27N3O3. The number of hydrogen-bond acceptors (Lipinski definition) is 4. The summed E-state index contributed by atoms with van der Waals surface area (Å²) in [7, 11) is 0. The van der Waals surface area contributed by atoms with E-state index < -0.39 is 0 Å². The maximum absolute atomic E-state index is 12.9. The zero-order chi connectivity index (χ0) is 20.1. The first kappa shape index (κ1) is 19.6. The van der Waals surface area contributed by atoms with Gasteiger partial charge in [0, 0.05) is 36.8 Å². The Morgan fingerprint density at radius 3 is 2.34 bits per heavy atom. The maximum atomic E-state index is 12.9. The molecular weight excluding hydrogens is 366 g/mol. The highest BCUT2D eigenvalue weighted by Crippen LogP contribution is 2.30. The molecule has 6 nitrogen and oxygen atoms in total. The van der Waals surface area contributed by atoms with Crippen molar-refractivity contribution in [3.8, 4) is 0 Å². The number of benzene rings is 2. The van der Waals surface area contributed by atoms with Crippen LogP contribution >= 0.6 is 0 Å². The second-order valence-electron chi connectivity index (χ2n) is 7.69. The van der Waals surface area contributed by atoms with Crippen LogP contribution in [0.3, 0.4) is 0 Å². The van der Waals surface area contributed by atoms with E-state index in [1.54, 1.807) is 24.3 Å². The molecule has 1 atom stereocenters. The van der Waals surface area contributed by atoms with Crippen LogP contribution in [0.4, 0.5) is 5.69 Å². The van der Waals surface area contributed by atoms with Crippen molar-refractivity contribution >= 4 is 17.5 Å². The maximum Gasteiger partial charge on any atom is 0.251 e. The fourth-order valence-corrected chi connectivity index (χ4v) is 3.50. The average Bonchev–Trinajstić information content (AvgIpc) is 3.61. The summed E-state index contributed by atoms with van der Waals surface area (Å²) in [6.45, 7) is 3.94. The number of nitrogens with zero attached hydrogens (tertiary/aromatic N) is 1. The van der Waals surface area contributed by atoms with Crippen molar-refractivity contribution in [2.45, 2.75) is 18.9 Å². The van der Waals surface area contributed by atoms with E-state index in [2.05, 4.69) is 15.5 Å². The highest BCUT2D eigenvalue weighted by molar-refractivity contribution is 5.97. The van der Waals surface area contributed by atoms with Gasteiger partial charge in [0.15, 0.2) is 0 Å². The third-order valence-electron chi connectivity index (χ3n) is 5.41. The molecule has 0 aromatic heterocycles. The molecule has 2 N–H and O–H groups in total. The number of hydrogen-bond donors (Lipinski definition) is 2. The summed E-state index contributed by atoms with van der Waals surface area (Å²) in [6.07, 6.45) is 1.94. The van der Waals surface area contributed by atoms with E-state index in [1.807, 2.05) is 30.3 Å². The number of amides is 2. The monoisotopic (exact) mass is 393 g/mol. The van der Waals surface area contributed by atoms with E-state index >= 15 is 0 Å². The Morgan fingerprint density at radius 1 is 1.00 bits per heavy atom. The largest absolute Gasteiger partial charge is 0.379 e. The second kappa shape index (κ2) is 9.20. The minimum atomic E-state index is -0.118. The quantitative estimate of drug-likeness (QED) is 0.759. The number of rotatable bonds is 7. The van der Waals surface area contributed by atoms with Crippen LogP contribution in [0.15, 0.2) is 54.6 Å². The molecule has 2 aromatic carbocycles. The Balaban J connectivity index is 1.41. The van der Waals surface area contributed by atoms with Crippen molar-refractivity contribution in [1.29, 1.82) is 0 Å². The molecule has 2 fully saturated rings. The molecule has 1 saturated heterocycles. The molecule has 0 radical (unpaired) electrons. The van der Waals surface area contributed by atoms with Crippen LogP contribution in [-0.4, -0.2) is 49.6 Å².